The van der Waals surface area contributed by atoms with Crippen LogP contribution in [0.2, 0.25) is 0 Å². The molecule has 124 valence electrons. The second-order valence-corrected chi connectivity index (χ2v) is 6.18. The highest BCUT2D eigenvalue weighted by Crippen LogP contribution is 2.18. The van der Waals surface area contributed by atoms with E-state index in [1.54, 1.807) is 13.0 Å². The standard InChI is InChI=1S/C18H25N3O2/c1-5-14-6-8-15(9-7-14)18(12(2)3)19-11-17(22)20-16-10-13(4)23-21-16/h6-10,12,18-19H,5,11H2,1-4H3,(H,20,21,22)/p+1/t18-/m1/s1. The van der Waals surface area contributed by atoms with Gasteiger partial charge in [0.25, 0.3) is 5.91 Å². The van der Waals surface area contributed by atoms with Crippen molar-refractivity contribution in [2.75, 3.05) is 11.9 Å². The molecule has 1 amide bonds. The van der Waals surface area contributed by atoms with Crippen LogP contribution in [-0.4, -0.2) is 17.6 Å². The number of carbonyl (C=O) groups is 1. The Morgan fingerprint density at radius 2 is 2.00 bits per heavy atom. The summed E-state index contributed by atoms with van der Waals surface area (Å²) in [6.07, 6.45) is 1.04. The van der Waals surface area contributed by atoms with Gasteiger partial charge in [-0.15, -0.1) is 0 Å². The summed E-state index contributed by atoms with van der Waals surface area (Å²) in [5, 5.41) is 8.60. The Labute approximate surface area is 137 Å². The summed E-state index contributed by atoms with van der Waals surface area (Å²) in [7, 11) is 0. The lowest BCUT2D eigenvalue weighted by molar-refractivity contribution is -0.692. The van der Waals surface area contributed by atoms with Crippen molar-refractivity contribution in [2.45, 2.75) is 40.2 Å². The average molecular weight is 316 g/mol. The summed E-state index contributed by atoms with van der Waals surface area (Å²) in [6, 6.07) is 10.6. The highest BCUT2D eigenvalue weighted by Gasteiger charge is 2.20. The van der Waals surface area contributed by atoms with Crippen LogP contribution in [0.15, 0.2) is 34.9 Å². The number of aromatic nitrogens is 1. The smallest absolute Gasteiger partial charge is 0.280 e. The number of nitrogens with one attached hydrogen (secondary N) is 1. The number of benzene rings is 1. The Hall–Kier alpha value is -2.14. The van der Waals surface area contributed by atoms with Gasteiger partial charge in [0, 0.05) is 17.5 Å². The molecule has 0 bridgehead atoms. The normalized spacial score (nSPS) is 12.4. The van der Waals surface area contributed by atoms with Crippen molar-refractivity contribution in [3.8, 4) is 0 Å². The average Bonchev–Trinajstić information content (AvgIpc) is 2.92. The van der Waals surface area contributed by atoms with Crippen molar-refractivity contribution in [2.24, 2.45) is 5.92 Å². The fourth-order valence-corrected chi connectivity index (χ4v) is 2.62. The fraction of sp³-hybridized carbons (Fsp3) is 0.444. The number of hydrogen-bond acceptors (Lipinski definition) is 3. The van der Waals surface area contributed by atoms with Gasteiger partial charge in [-0.2, -0.15) is 0 Å². The third-order valence-electron chi connectivity index (χ3n) is 3.94. The first-order chi connectivity index (χ1) is 11.0. The molecule has 1 atom stereocenters. The van der Waals surface area contributed by atoms with Crippen LogP contribution in [0.1, 0.15) is 43.7 Å². The molecule has 0 fully saturated rings. The molecule has 2 rings (SSSR count). The lowest BCUT2D eigenvalue weighted by Gasteiger charge is -2.19. The van der Waals surface area contributed by atoms with Crippen LogP contribution in [0.4, 0.5) is 5.82 Å². The summed E-state index contributed by atoms with van der Waals surface area (Å²) in [4.78, 5) is 12.1. The predicted octanol–water partition coefficient (Wildman–Crippen LogP) is 2.44. The molecule has 1 aromatic heterocycles. The van der Waals surface area contributed by atoms with Crippen LogP contribution in [0.5, 0.6) is 0 Å². The lowest BCUT2D eigenvalue weighted by atomic mass is 9.95. The van der Waals surface area contributed by atoms with E-state index < -0.39 is 0 Å². The first kappa shape index (κ1) is 17.2. The second-order valence-electron chi connectivity index (χ2n) is 6.18. The Morgan fingerprint density at radius 3 is 2.52 bits per heavy atom. The first-order valence-corrected chi connectivity index (χ1v) is 8.15. The molecule has 1 heterocycles. The molecule has 1 aromatic carbocycles. The van der Waals surface area contributed by atoms with Gasteiger partial charge in [0.1, 0.15) is 11.8 Å². The largest absolute Gasteiger partial charge is 0.360 e. The lowest BCUT2D eigenvalue weighted by Crippen LogP contribution is -2.88. The van der Waals surface area contributed by atoms with Crippen LogP contribution in [0.3, 0.4) is 0 Å². The van der Waals surface area contributed by atoms with Gasteiger partial charge in [0.15, 0.2) is 12.4 Å². The summed E-state index contributed by atoms with van der Waals surface area (Å²) in [6.45, 7) is 8.65. The Kier molecular flexibility index (Phi) is 5.93. The van der Waals surface area contributed by atoms with Gasteiger partial charge in [-0.3, -0.25) is 4.79 Å². The van der Waals surface area contributed by atoms with E-state index in [2.05, 4.69) is 60.8 Å². The van der Waals surface area contributed by atoms with Crippen LogP contribution >= 0.6 is 0 Å². The third kappa shape index (κ3) is 4.93. The number of aryl methyl sites for hydroxylation is 2. The highest BCUT2D eigenvalue weighted by molar-refractivity contribution is 5.90. The molecule has 5 nitrogen and oxygen atoms in total. The SMILES string of the molecule is CCc1ccc([C@H]([NH2+]CC(=O)Nc2cc(C)on2)C(C)C)cc1. The maximum absolute atomic E-state index is 12.1. The van der Waals surface area contributed by atoms with Gasteiger partial charge in [-0.1, -0.05) is 50.2 Å². The van der Waals surface area contributed by atoms with Crippen molar-refractivity contribution in [1.82, 2.24) is 5.16 Å². The zero-order chi connectivity index (χ0) is 16.8. The quantitative estimate of drug-likeness (QED) is 0.824. The fourth-order valence-electron chi connectivity index (χ4n) is 2.62. The van der Waals surface area contributed by atoms with E-state index in [1.807, 2.05) is 0 Å². The number of amides is 1. The maximum atomic E-state index is 12.1. The minimum absolute atomic E-state index is 0.0749. The molecule has 3 N–H and O–H groups in total. The second kappa shape index (κ2) is 7.92. The van der Waals surface area contributed by atoms with Gasteiger partial charge >= 0.3 is 0 Å². The summed E-state index contributed by atoms with van der Waals surface area (Å²) in [5.41, 5.74) is 2.58. The van der Waals surface area contributed by atoms with Crippen LogP contribution in [-0.2, 0) is 11.2 Å². The molecule has 0 radical (unpaired) electrons. The maximum Gasteiger partial charge on any atom is 0.280 e. The zero-order valence-corrected chi connectivity index (χ0v) is 14.3. The van der Waals surface area contributed by atoms with Crippen molar-refractivity contribution >= 4 is 11.7 Å². The molecule has 23 heavy (non-hydrogen) atoms. The molecule has 0 aliphatic carbocycles. The Bertz CT molecular complexity index is 632. The molecule has 5 heteroatoms. The Morgan fingerprint density at radius 1 is 1.30 bits per heavy atom. The van der Waals surface area contributed by atoms with Crippen molar-refractivity contribution < 1.29 is 14.6 Å². The topological polar surface area (TPSA) is 71.7 Å². The molecule has 0 saturated carbocycles. The van der Waals surface area contributed by atoms with Gasteiger partial charge in [-0.05, 0) is 18.9 Å². The zero-order valence-electron chi connectivity index (χ0n) is 14.3. The van der Waals surface area contributed by atoms with Crippen LogP contribution in [0.25, 0.3) is 0 Å². The van der Waals surface area contributed by atoms with E-state index in [-0.39, 0.29) is 11.9 Å². The number of anilines is 1. The number of carbonyl (C=O) groups excluding carboxylic acids is 1. The van der Waals surface area contributed by atoms with Gasteiger partial charge in [0.05, 0.1) is 0 Å². The summed E-state index contributed by atoms with van der Waals surface area (Å²) >= 11 is 0. The van der Waals surface area contributed by atoms with Gasteiger partial charge < -0.3 is 15.2 Å². The number of rotatable bonds is 7. The minimum Gasteiger partial charge on any atom is -0.360 e. The van der Waals surface area contributed by atoms with E-state index in [4.69, 9.17) is 4.52 Å². The summed E-state index contributed by atoms with van der Waals surface area (Å²) < 4.78 is 4.95. The van der Waals surface area contributed by atoms with Crippen molar-refractivity contribution in [3.05, 3.63) is 47.2 Å². The minimum atomic E-state index is -0.0749. The van der Waals surface area contributed by atoms with Gasteiger partial charge in [-0.25, -0.2) is 0 Å². The van der Waals surface area contributed by atoms with E-state index >= 15 is 0 Å². The molecule has 0 spiro atoms. The van der Waals surface area contributed by atoms with E-state index in [9.17, 15) is 4.79 Å². The number of nitrogens with two attached hydrogens (primary N) is 1. The molecule has 0 saturated heterocycles. The predicted molar refractivity (Wildman–Crippen MR) is 90.1 cm³/mol. The number of hydrogen-bond donors (Lipinski definition) is 2. The van der Waals surface area contributed by atoms with Crippen LogP contribution < -0.4 is 10.6 Å². The molecular formula is C18H26N3O2+. The van der Waals surface area contributed by atoms with E-state index in [0.29, 0.717) is 24.0 Å². The Balaban J connectivity index is 1.94. The monoisotopic (exact) mass is 316 g/mol. The molecule has 0 unspecified atom stereocenters. The van der Waals surface area contributed by atoms with E-state index in [1.165, 1.54) is 11.1 Å². The number of quaternary nitrogens is 1. The van der Waals surface area contributed by atoms with Gasteiger partial charge in [0.2, 0.25) is 0 Å². The molecule has 2 aromatic rings. The molecular weight excluding hydrogens is 290 g/mol. The third-order valence-corrected chi connectivity index (χ3v) is 3.94. The van der Waals surface area contributed by atoms with Crippen molar-refractivity contribution in [3.63, 3.8) is 0 Å². The summed E-state index contributed by atoms with van der Waals surface area (Å²) in [5.74, 6) is 1.51. The molecule has 0 aliphatic rings. The molecule has 0 aliphatic heterocycles. The van der Waals surface area contributed by atoms with Crippen molar-refractivity contribution in [1.29, 1.82) is 0 Å². The number of nitrogens with zero attached hydrogens (tertiary/aromatic N) is 1. The van der Waals surface area contributed by atoms with Crippen LogP contribution in [0, 0.1) is 12.8 Å². The highest BCUT2D eigenvalue weighted by atomic mass is 16.5. The first-order valence-electron chi connectivity index (χ1n) is 8.15. The van der Waals surface area contributed by atoms with E-state index in [0.717, 1.165) is 6.42 Å².